The molecule has 6 nitrogen and oxygen atoms in total. The Kier molecular flexibility index (Phi) is 8.35. The molecule has 0 radical (unpaired) electrons. The van der Waals surface area contributed by atoms with Gasteiger partial charge in [-0.1, -0.05) is 32.0 Å². The van der Waals surface area contributed by atoms with E-state index in [1.807, 2.05) is 20.9 Å². The van der Waals surface area contributed by atoms with Crippen molar-refractivity contribution in [3.8, 4) is 0 Å². The quantitative estimate of drug-likeness (QED) is 0.458. The third-order valence-corrected chi connectivity index (χ3v) is 7.45. The van der Waals surface area contributed by atoms with Crippen molar-refractivity contribution < 1.29 is 5.11 Å². The Bertz CT molecular complexity index is 1170. The van der Waals surface area contributed by atoms with E-state index in [0.717, 1.165) is 54.2 Å². The molecule has 0 unspecified atom stereocenters. The van der Waals surface area contributed by atoms with Crippen LogP contribution >= 0.6 is 0 Å². The molecule has 0 atom stereocenters. The Hall–Kier alpha value is -2.86. The second-order valence-electron chi connectivity index (χ2n) is 10.2. The summed E-state index contributed by atoms with van der Waals surface area (Å²) >= 11 is 0. The molecule has 1 aliphatic carbocycles. The molecule has 0 spiro atoms. The van der Waals surface area contributed by atoms with Crippen LogP contribution in [0.3, 0.4) is 0 Å². The number of piperidine rings is 1. The van der Waals surface area contributed by atoms with Crippen molar-refractivity contribution in [3.63, 3.8) is 0 Å². The number of hydrogen-bond donors (Lipinski definition) is 1. The highest BCUT2D eigenvalue weighted by molar-refractivity contribution is 5.93. The van der Waals surface area contributed by atoms with Crippen molar-refractivity contribution in [2.75, 3.05) is 62.1 Å². The summed E-state index contributed by atoms with van der Waals surface area (Å²) in [6.45, 7) is 8.88. The van der Waals surface area contributed by atoms with Crippen LogP contribution in [0.5, 0.6) is 0 Å². The number of rotatable bonds is 7. The molecule has 1 saturated carbocycles. The minimum Gasteiger partial charge on any atom is -0.395 e. The number of aromatic nitrogens is 2. The van der Waals surface area contributed by atoms with E-state index in [2.05, 4.69) is 72.1 Å². The predicted octanol–water partition coefficient (Wildman–Crippen LogP) is 5.72. The first-order chi connectivity index (χ1) is 17.5. The summed E-state index contributed by atoms with van der Waals surface area (Å²) in [6, 6.07) is 13.3. The van der Waals surface area contributed by atoms with Gasteiger partial charge in [-0.2, -0.15) is 0 Å². The molecule has 6 heteroatoms. The average Bonchev–Trinajstić information content (AvgIpc) is 3.75. The number of anilines is 3. The van der Waals surface area contributed by atoms with Gasteiger partial charge in [0.05, 0.1) is 12.1 Å². The van der Waals surface area contributed by atoms with Gasteiger partial charge in [0.2, 0.25) is 0 Å². The zero-order chi connectivity index (χ0) is 25.8. The van der Waals surface area contributed by atoms with Gasteiger partial charge in [0.15, 0.2) is 0 Å². The van der Waals surface area contributed by atoms with Gasteiger partial charge in [-0.15, -0.1) is 0 Å². The van der Waals surface area contributed by atoms with Crippen LogP contribution in [-0.2, 0) is 0 Å². The van der Waals surface area contributed by atoms with Gasteiger partial charge in [0.25, 0.3) is 0 Å². The van der Waals surface area contributed by atoms with Gasteiger partial charge >= 0.3 is 0 Å². The summed E-state index contributed by atoms with van der Waals surface area (Å²) in [5, 5.41) is 10.6. The SMILES string of the molecule is CC.Cc1cc2nc(C3CC3)nc(N3CCC(c4ccccc4N(C)C)CC3)c2cc1N(C)CCO. The average molecular weight is 490 g/mol. The van der Waals surface area contributed by atoms with Gasteiger partial charge in [-0.05, 0) is 67.9 Å². The molecular formula is C30H43N5O. The topological polar surface area (TPSA) is 55.7 Å². The number of fused-ring (bicyclic) bond motifs is 1. The van der Waals surface area contributed by atoms with Crippen LogP contribution in [0.15, 0.2) is 36.4 Å². The zero-order valence-corrected chi connectivity index (χ0v) is 23.0. The summed E-state index contributed by atoms with van der Waals surface area (Å²) in [5.74, 6) is 3.19. The van der Waals surface area contributed by atoms with Crippen molar-refractivity contribution >= 4 is 28.1 Å². The van der Waals surface area contributed by atoms with E-state index in [0.29, 0.717) is 18.4 Å². The first-order valence-corrected chi connectivity index (χ1v) is 13.6. The summed E-state index contributed by atoms with van der Waals surface area (Å²) in [6.07, 6.45) is 4.64. The molecule has 1 N–H and O–H groups in total. The number of para-hydroxylation sites is 1. The highest BCUT2D eigenvalue weighted by Gasteiger charge is 2.30. The Morgan fingerprint density at radius 3 is 2.25 bits per heavy atom. The lowest BCUT2D eigenvalue weighted by Gasteiger charge is -2.35. The van der Waals surface area contributed by atoms with Gasteiger partial charge in [-0.25, -0.2) is 9.97 Å². The Balaban J connectivity index is 0.00000148. The summed E-state index contributed by atoms with van der Waals surface area (Å²) in [4.78, 5) is 17.0. The Morgan fingerprint density at radius 1 is 0.917 bits per heavy atom. The molecule has 36 heavy (non-hydrogen) atoms. The van der Waals surface area contributed by atoms with Crippen LogP contribution in [0.25, 0.3) is 10.9 Å². The minimum absolute atomic E-state index is 0.139. The molecule has 2 fully saturated rings. The number of aliphatic hydroxyl groups excluding tert-OH is 1. The van der Waals surface area contributed by atoms with Crippen LogP contribution in [0.1, 0.15) is 68.3 Å². The van der Waals surface area contributed by atoms with E-state index in [4.69, 9.17) is 9.97 Å². The van der Waals surface area contributed by atoms with E-state index in [1.165, 1.54) is 29.7 Å². The van der Waals surface area contributed by atoms with Gasteiger partial charge in [0.1, 0.15) is 11.6 Å². The summed E-state index contributed by atoms with van der Waals surface area (Å²) in [7, 11) is 6.30. The number of benzene rings is 2. The van der Waals surface area contributed by atoms with Crippen LogP contribution in [-0.4, -0.2) is 62.5 Å². The van der Waals surface area contributed by atoms with Crippen LogP contribution in [0.2, 0.25) is 0 Å². The molecule has 3 aromatic rings. The van der Waals surface area contributed by atoms with Crippen molar-refractivity contribution in [2.45, 2.75) is 58.3 Å². The number of aryl methyl sites for hydroxylation is 1. The standard InChI is InChI=1S/C28H37N5O.C2H6/c1-19-17-24-23(18-26(19)32(4)15-16-34)28(30-27(29-24)21-9-10-21)33-13-11-20(12-14-33)22-7-5-6-8-25(22)31(2)3;1-2/h5-8,17-18,20-21,34H,9-16H2,1-4H3;1-2H3. The molecule has 2 aromatic carbocycles. The first kappa shape index (κ1) is 26.2. The van der Waals surface area contributed by atoms with E-state index >= 15 is 0 Å². The molecule has 2 aliphatic rings. The monoisotopic (exact) mass is 489 g/mol. The van der Waals surface area contributed by atoms with Crippen molar-refractivity contribution in [2.24, 2.45) is 0 Å². The van der Waals surface area contributed by atoms with E-state index < -0.39 is 0 Å². The Morgan fingerprint density at radius 2 is 1.61 bits per heavy atom. The number of nitrogens with zero attached hydrogens (tertiary/aromatic N) is 5. The number of hydrogen-bond acceptors (Lipinski definition) is 6. The highest BCUT2D eigenvalue weighted by Crippen LogP contribution is 2.42. The molecule has 5 rings (SSSR count). The smallest absolute Gasteiger partial charge is 0.140 e. The van der Waals surface area contributed by atoms with E-state index in [-0.39, 0.29) is 6.61 Å². The summed E-state index contributed by atoms with van der Waals surface area (Å²) < 4.78 is 0. The minimum atomic E-state index is 0.139. The molecule has 1 aliphatic heterocycles. The first-order valence-electron chi connectivity index (χ1n) is 13.6. The fourth-order valence-corrected chi connectivity index (χ4v) is 5.36. The number of aliphatic hydroxyl groups is 1. The van der Waals surface area contributed by atoms with E-state index in [1.54, 1.807) is 0 Å². The molecule has 2 heterocycles. The maximum atomic E-state index is 9.46. The van der Waals surface area contributed by atoms with Crippen LogP contribution < -0.4 is 14.7 Å². The molecule has 0 bridgehead atoms. The third kappa shape index (κ3) is 5.44. The fourth-order valence-electron chi connectivity index (χ4n) is 5.36. The van der Waals surface area contributed by atoms with Crippen molar-refractivity contribution in [1.82, 2.24) is 9.97 Å². The number of likely N-dealkylation sites (N-methyl/N-ethyl adjacent to an activating group) is 1. The normalized spacial score (nSPS) is 16.0. The Labute approximate surface area is 217 Å². The maximum Gasteiger partial charge on any atom is 0.140 e. The van der Waals surface area contributed by atoms with Gasteiger partial charge < -0.3 is 19.8 Å². The molecule has 0 amide bonds. The van der Waals surface area contributed by atoms with E-state index in [9.17, 15) is 5.11 Å². The fraction of sp³-hybridized carbons (Fsp3) is 0.533. The van der Waals surface area contributed by atoms with Crippen LogP contribution in [0, 0.1) is 6.92 Å². The molecular weight excluding hydrogens is 446 g/mol. The highest BCUT2D eigenvalue weighted by atomic mass is 16.3. The maximum absolute atomic E-state index is 9.46. The zero-order valence-electron chi connectivity index (χ0n) is 23.0. The van der Waals surface area contributed by atoms with Crippen molar-refractivity contribution in [1.29, 1.82) is 0 Å². The predicted molar refractivity (Wildman–Crippen MR) is 153 cm³/mol. The molecule has 1 saturated heterocycles. The lowest BCUT2D eigenvalue weighted by Crippen LogP contribution is -2.34. The lowest BCUT2D eigenvalue weighted by molar-refractivity contribution is 0.304. The second-order valence-corrected chi connectivity index (χ2v) is 10.2. The molecule has 1 aromatic heterocycles. The van der Waals surface area contributed by atoms with Crippen LogP contribution in [0.4, 0.5) is 17.2 Å². The summed E-state index contributed by atoms with van der Waals surface area (Å²) in [5.41, 5.74) is 6.17. The lowest BCUT2D eigenvalue weighted by atomic mass is 9.88. The van der Waals surface area contributed by atoms with Crippen molar-refractivity contribution in [3.05, 3.63) is 53.3 Å². The van der Waals surface area contributed by atoms with Gasteiger partial charge in [-0.3, -0.25) is 0 Å². The van der Waals surface area contributed by atoms with Gasteiger partial charge in [0, 0.05) is 63.5 Å². The molecule has 194 valence electrons. The largest absolute Gasteiger partial charge is 0.395 e. The third-order valence-electron chi connectivity index (χ3n) is 7.45. The second kappa shape index (κ2) is 11.5.